The molecule has 0 unspecified atom stereocenters. The van der Waals surface area contributed by atoms with Crippen molar-refractivity contribution in [1.82, 2.24) is 25.0 Å². The third-order valence-corrected chi connectivity index (χ3v) is 7.49. The van der Waals surface area contributed by atoms with Crippen LogP contribution in [0.2, 0.25) is 0 Å². The second-order valence-electron chi connectivity index (χ2n) is 7.55. The van der Waals surface area contributed by atoms with E-state index >= 15 is 0 Å². The van der Waals surface area contributed by atoms with E-state index in [0.717, 1.165) is 21.9 Å². The molecule has 2 aliphatic rings. The number of hydrogen-bond acceptors (Lipinski definition) is 11. The third-order valence-electron chi connectivity index (χ3n) is 5.48. The highest BCUT2D eigenvalue weighted by atomic mass is 32.2. The first kappa shape index (κ1) is 22.8. The van der Waals surface area contributed by atoms with E-state index in [0.29, 0.717) is 11.3 Å². The molecule has 2 atom stereocenters. The summed E-state index contributed by atoms with van der Waals surface area (Å²) in [6, 6.07) is 4.59. The van der Waals surface area contributed by atoms with Crippen molar-refractivity contribution in [3.05, 3.63) is 53.1 Å². The van der Waals surface area contributed by atoms with Gasteiger partial charge in [-0.25, -0.2) is 9.38 Å². The zero-order valence-electron chi connectivity index (χ0n) is 18.2. The molecule has 0 radical (unpaired) electrons. The molecule has 2 aliphatic heterocycles. The Bertz CT molecular complexity index is 1410. The summed E-state index contributed by atoms with van der Waals surface area (Å²) in [4.78, 5) is 47.8. The summed E-state index contributed by atoms with van der Waals surface area (Å²) in [7, 11) is 1.27. The number of carbonyl (C=O) groups excluding carboxylic acids is 3. The van der Waals surface area contributed by atoms with Crippen molar-refractivity contribution in [3.63, 3.8) is 0 Å². The molecule has 2 amide bonds. The molecule has 0 bridgehead atoms. The number of pyridine rings is 1. The molecule has 180 valence electrons. The van der Waals surface area contributed by atoms with Gasteiger partial charge in [-0.1, -0.05) is 11.2 Å². The molecule has 0 aromatic carbocycles. The van der Waals surface area contributed by atoms with Crippen molar-refractivity contribution < 1.29 is 28.7 Å². The van der Waals surface area contributed by atoms with Crippen molar-refractivity contribution >= 4 is 57.4 Å². The van der Waals surface area contributed by atoms with Gasteiger partial charge in [-0.3, -0.25) is 14.5 Å². The second-order valence-corrected chi connectivity index (χ2v) is 9.54. The van der Waals surface area contributed by atoms with E-state index in [-0.39, 0.29) is 28.8 Å². The Balaban J connectivity index is 1.37. The number of nitrogens with one attached hydrogen (secondary N) is 1. The van der Waals surface area contributed by atoms with E-state index < -0.39 is 29.2 Å². The monoisotopic (exact) mass is 514 g/mol. The molecule has 3 aromatic heterocycles. The number of thioether (sulfide) groups is 1. The zero-order valence-corrected chi connectivity index (χ0v) is 19.8. The number of anilines is 1. The molecule has 1 saturated heterocycles. The maximum Gasteiger partial charge on any atom is 0.276 e. The average Bonchev–Trinajstić information content (AvgIpc) is 3.46. The van der Waals surface area contributed by atoms with Gasteiger partial charge >= 0.3 is 0 Å². The van der Waals surface area contributed by atoms with Crippen LogP contribution in [0, 0.1) is 0 Å². The van der Waals surface area contributed by atoms with Gasteiger partial charge in [0.1, 0.15) is 30.8 Å². The molecule has 15 heteroatoms. The van der Waals surface area contributed by atoms with Gasteiger partial charge < -0.3 is 25.8 Å². The van der Waals surface area contributed by atoms with Crippen LogP contribution in [0.5, 0.6) is 0 Å². The van der Waals surface area contributed by atoms with Gasteiger partial charge in [0.2, 0.25) is 0 Å². The Morgan fingerprint density at radius 1 is 1.43 bits per heavy atom. The minimum atomic E-state index is -1.47. The highest BCUT2D eigenvalue weighted by Gasteiger charge is 2.53. The summed E-state index contributed by atoms with van der Waals surface area (Å²) in [5.74, 6) is -2.42. The quantitative estimate of drug-likeness (QED) is 0.158. The van der Waals surface area contributed by atoms with Crippen LogP contribution < -0.4 is 20.6 Å². The molecular weight excluding hydrogens is 496 g/mol. The van der Waals surface area contributed by atoms with Crippen molar-refractivity contribution in [2.45, 2.75) is 18.0 Å². The lowest BCUT2D eigenvalue weighted by Crippen LogP contribution is -2.71. The highest BCUT2D eigenvalue weighted by molar-refractivity contribution is 8.00. The fourth-order valence-electron chi connectivity index (χ4n) is 3.94. The first-order valence-electron chi connectivity index (χ1n) is 10.2. The number of rotatable bonds is 7. The number of aliphatic carboxylic acids is 1. The fraction of sp³-hybridized carbons (Fsp3) is 0.250. The maximum atomic E-state index is 13.0. The van der Waals surface area contributed by atoms with Crippen LogP contribution in [0.1, 0.15) is 5.69 Å². The predicted octanol–water partition coefficient (Wildman–Crippen LogP) is -1.88. The van der Waals surface area contributed by atoms with Gasteiger partial charge in [-0.15, -0.1) is 27.8 Å². The van der Waals surface area contributed by atoms with Crippen LogP contribution in [0.4, 0.5) is 5.13 Å². The molecule has 0 spiro atoms. The van der Waals surface area contributed by atoms with Crippen LogP contribution in [-0.2, 0) is 25.8 Å². The predicted molar refractivity (Wildman–Crippen MR) is 123 cm³/mol. The van der Waals surface area contributed by atoms with Crippen LogP contribution in [0.3, 0.4) is 0 Å². The number of nitrogens with zero attached hydrogens (tertiary/aromatic N) is 6. The van der Waals surface area contributed by atoms with E-state index in [1.807, 2.05) is 24.4 Å². The van der Waals surface area contributed by atoms with Crippen LogP contribution in [-0.4, -0.2) is 67.4 Å². The minimum Gasteiger partial charge on any atom is -0.543 e. The summed E-state index contributed by atoms with van der Waals surface area (Å²) >= 11 is 2.46. The van der Waals surface area contributed by atoms with Crippen LogP contribution in [0.15, 0.2) is 52.5 Å². The van der Waals surface area contributed by atoms with Crippen molar-refractivity contribution in [2.24, 2.45) is 5.16 Å². The number of hydrogen-bond donors (Lipinski definition) is 2. The normalized spacial score (nSPS) is 20.0. The molecule has 3 aromatic rings. The minimum absolute atomic E-state index is 0.146. The fourth-order valence-corrected chi connectivity index (χ4v) is 5.82. The first-order chi connectivity index (χ1) is 16.9. The first-order valence-corrected chi connectivity index (χ1v) is 12.1. The van der Waals surface area contributed by atoms with Crippen molar-refractivity contribution in [2.75, 3.05) is 18.6 Å². The van der Waals surface area contributed by atoms with Gasteiger partial charge in [0, 0.05) is 27.9 Å². The van der Waals surface area contributed by atoms with Gasteiger partial charge in [0.25, 0.3) is 23.8 Å². The molecule has 3 N–H and O–H groups in total. The molecule has 5 heterocycles. The van der Waals surface area contributed by atoms with E-state index in [1.165, 1.54) is 24.3 Å². The summed E-state index contributed by atoms with van der Waals surface area (Å²) in [6.45, 7) is 0.167. The largest absolute Gasteiger partial charge is 0.543 e. The van der Waals surface area contributed by atoms with E-state index in [2.05, 4.69) is 20.6 Å². The summed E-state index contributed by atoms with van der Waals surface area (Å²) in [5.41, 5.74) is 6.74. The standard InChI is InChI=1S/C20H18N8O5S2/c1-33-25-13(11-8-35-20(21)23-11)16(29)24-14-17(30)28-15(19(31)32)10(7-34-18(14)28)6-27-12-4-2-3-5-26(12)9-22-27/h2-5,8-9,14,18H,6-7H2,1H3,(H3-,21,23,24,29,31,32)/b25-13-/t14-,18-/m1/s1. The van der Waals surface area contributed by atoms with Gasteiger partial charge in [-0.2, -0.15) is 0 Å². The molecular formula is C20H18N8O5S2. The zero-order chi connectivity index (χ0) is 24.7. The van der Waals surface area contributed by atoms with Crippen molar-refractivity contribution in [1.29, 1.82) is 0 Å². The van der Waals surface area contributed by atoms with Crippen LogP contribution >= 0.6 is 23.1 Å². The maximum absolute atomic E-state index is 13.0. The summed E-state index contributed by atoms with van der Waals surface area (Å²) < 4.78 is 3.45. The summed E-state index contributed by atoms with van der Waals surface area (Å²) in [5, 5.41) is 23.8. The number of nitrogen functional groups attached to an aromatic ring is 1. The topological polar surface area (TPSA) is 172 Å². The number of oxime groups is 1. The van der Waals surface area contributed by atoms with Crippen LogP contribution in [0.25, 0.3) is 5.65 Å². The Morgan fingerprint density at radius 2 is 2.26 bits per heavy atom. The number of thiazole rings is 1. The molecule has 35 heavy (non-hydrogen) atoms. The number of β-lactam (4-membered cyclic amide) rings is 1. The number of nitrogens with two attached hydrogens (primary N) is 1. The highest BCUT2D eigenvalue weighted by Crippen LogP contribution is 2.40. The average molecular weight is 515 g/mol. The Morgan fingerprint density at radius 3 is 2.97 bits per heavy atom. The third kappa shape index (κ3) is 3.97. The van der Waals surface area contributed by atoms with Crippen molar-refractivity contribution in [3.8, 4) is 0 Å². The molecule has 5 rings (SSSR count). The Kier molecular flexibility index (Phi) is 5.86. The molecule has 13 nitrogen and oxygen atoms in total. The number of carbonyl (C=O) groups is 3. The molecule has 0 aliphatic carbocycles. The second kappa shape index (κ2) is 8.99. The molecule has 0 saturated carbocycles. The van der Waals surface area contributed by atoms with Gasteiger partial charge in [0.05, 0.1) is 17.9 Å². The number of amides is 2. The van der Waals surface area contributed by atoms with E-state index in [9.17, 15) is 19.5 Å². The lowest BCUT2D eigenvalue weighted by Gasteiger charge is -2.50. The van der Waals surface area contributed by atoms with E-state index in [4.69, 9.17) is 10.6 Å². The van der Waals surface area contributed by atoms with Gasteiger partial charge in [0.15, 0.2) is 10.8 Å². The summed E-state index contributed by atoms with van der Waals surface area (Å²) in [6.07, 6.45) is 3.44. The smallest absolute Gasteiger partial charge is 0.276 e. The van der Waals surface area contributed by atoms with Gasteiger partial charge in [-0.05, 0) is 6.07 Å². The lowest BCUT2D eigenvalue weighted by atomic mass is 10.0. The Hall–Kier alpha value is -3.98. The molecule has 1 fully saturated rings. The number of fused-ring (bicyclic) bond motifs is 2. The SMILES string of the molecule is CO/N=C(\C(=O)N[C@@H]1C(=O)N2C(C(=O)[O-])=C(Cn3nc[n+]4ccccc34)CS[C@H]12)c1csc(N)n1. The van der Waals surface area contributed by atoms with E-state index in [1.54, 1.807) is 15.4 Å². The number of carboxylic acids is 1. The number of aromatic nitrogens is 4. The lowest BCUT2D eigenvalue weighted by molar-refractivity contribution is -0.512. The number of carboxylic acid groups (broad SMARTS) is 1. The Labute approximate surface area is 205 Å².